The molecule has 0 bridgehead atoms. The summed E-state index contributed by atoms with van der Waals surface area (Å²) >= 11 is 0. The van der Waals surface area contributed by atoms with E-state index in [0.717, 1.165) is 18.3 Å². The van der Waals surface area contributed by atoms with Gasteiger partial charge in [0.05, 0.1) is 11.4 Å². The molecule has 1 heterocycles. The molecule has 3 rings (SSSR count). The lowest BCUT2D eigenvalue weighted by Gasteiger charge is -2.22. The van der Waals surface area contributed by atoms with E-state index < -0.39 is 0 Å². The molecule has 0 amide bonds. The van der Waals surface area contributed by atoms with Gasteiger partial charge in [0.25, 0.3) is 0 Å². The molecule has 1 aliphatic carbocycles. The molecular formula is C17H23N3. The first-order chi connectivity index (χ1) is 9.54. The van der Waals surface area contributed by atoms with Crippen molar-refractivity contribution in [1.82, 2.24) is 15.1 Å². The fourth-order valence-corrected chi connectivity index (χ4v) is 2.43. The zero-order chi connectivity index (χ0) is 14.2. The molecule has 0 radical (unpaired) electrons. The molecule has 2 aromatic rings. The number of rotatable bonds is 4. The van der Waals surface area contributed by atoms with E-state index in [2.05, 4.69) is 62.6 Å². The largest absolute Gasteiger partial charge is 0.308 e. The van der Waals surface area contributed by atoms with Gasteiger partial charge in [-0.15, -0.1) is 0 Å². The second-order valence-corrected chi connectivity index (χ2v) is 6.67. The van der Waals surface area contributed by atoms with E-state index >= 15 is 0 Å². The average Bonchev–Trinajstić information content (AvgIpc) is 3.12. The molecule has 1 aliphatic rings. The first-order valence-electron chi connectivity index (χ1n) is 7.42. The Hall–Kier alpha value is -1.61. The number of hydrogen-bond donors (Lipinski definition) is 1. The third-order valence-corrected chi connectivity index (χ3v) is 3.75. The number of para-hydroxylation sites is 1. The molecule has 0 aliphatic heterocycles. The van der Waals surface area contributed by atoms with E-state index in [1.165, 1.54) is 24.1 Å². The summed E-state index contributed by atoms with van der Waals surface area (Å²) in [6, 6.07) is 11.3. The summed E-state index contributed by atoms with van der Waals surface area (Å²) in [7, 11) is 0. The van der Waals surface area contributed by atoms with Crippen LogP contribution in [0.2, 0.25) is 0 Å². The minimum atomic E-state index is 0.120. The van der Waals surface area contributed by atoms with Crippen LogP contribution in [0.15, 0.2) is 36.5 Å². The lowest BCUT2D eigenvalue weighted by Crippen LogP contribution is -2.17. The van der Waals surface area contributed by atoms with E-state index in [9.17, 15) is 0 Å². The molecular weight excluding hydrogens is 246 g/mol. The molecule has 0 spiro atoms. The maximum atomic E-state index is 4.71. The van der Waals surface area contributed by atoms with Gasteiger partial charge < -0.3 is 5.32 Å². The molecule has 1 N–H and O–H groups in total. The van der Waals surface area contributed by atoms with Crippen LogP contribution < -0.4 is 5.32 Å². The molecule has 1 aromatic carbocycles. The number of hydrogen-bond acceptors (Lipinski definition) is 2. The molecule has 0 unspecified atom stereocenters. The van der Waals surface area contributed by atoms with Gasteiger partial charge in [-0.2, -0.15) is 5.10 Å². The van der Waals surface area contributed by atoms with Gasteiger partial charge in [0.1, 0.15) is 0 Å². The van der Waals surface area contributed by atoms with Crippen molar-refractivity contribution < 1.29 is 0 Å². The lowest BCUT2D eigenvalue weighted by atomic mass is 9.86. The molecule has 0 saturated heterocycles. The van der Waals surface area contributed by atoms with Crippen LogP contribution in [0, 0.1) is 0 Å². The molecule has 1 aromatic heterocycles. The first kappa shape index (κ1) is 13.4. The molecule has 0 atom stereocenters. The predicted octanol–water partition coefficient (Wildman–Crippen LogP) is 3.42. The van der Waals surface area contributed by atoms with Crippen LogP contribution in [0.4, 0.5) is 0 Å². The van der Waals surface area contributed by atoms with Crippen molar-refractivity contribution in [3.63, 3.8) is 0 Å². The van der Waals surface area contributed by atoms with Crippen molar-refractivity contribution in [2.75, 3.05) is 0 Å². The second-order valence-electron chi connectivity index (χ2n) is 6.67. The van der Waals surface area contributed by atoms with Crippen LogP contribution in [0.3, 0.4) is 0 Å². The maximum absolute atomic E-state index is 4.71. The minimum Gasteiger partial charge on any atom is -0.308 e. The van der Waals surface area contributed by atoms with Crippen LogP contribution in [0.1, 0.15) is 44.9 Å². The fraction of sp³-hybridized carbons (Fsp3) is 0.471. The summed E-state index contributed by atoms with van der Waals surface area (Å²) in [4.78, 5) is 0. The SMILES string of the molecule is CC(C)(C)c1ccccc1-n1ccc(CNC2CC2)n1. The third kappa shape index (κ3) is 2.93. The Balaban J connectivity index is 1.85. The van der Waals surface area contributed by atoms with E-state index in [1.54, 1.807) is 0 Å². The number of nitrogens with one attached hydrogen (secondary N) is 1. The van der Waals surface area contributed by atoms with E-state index in [1.807, 2.05) is 4.68 Å². The Morgan fingerprint density at radius 2 is 1.95 bits per heavy atom. The van der Waals surface area contributed by atoms with Crippen LogP contribution >= 0.6 is 0 Å². The summed E-state index contributed by atoms with van der Waals surface area (Å²) < 4.78 is 2.00. The topological polar surface area (TPSA) is 29.9 Å². The number of aromatic nitrogens is 2. The van der Waals surface area contributed by atoms with Gasteiger partial charge in [-0.25, -0.2) is 4.68 Å². The standard InChI is InChI=1S/C17H23N3/c1-17(2,3)15-6-4-5-7-16(15)20-11-10-14(19-20)12-18-13-8-9-13/h4-7,10-11,13,18H,8-9,12H2,1-3H3. The summed E-state index contributed by atoms with van der Waals surface area (Å²) in [6.07, 6.45) is 4.69. The Labute approximate surface area is 121 Å². The van der Waals surface area contributed by atoms with E-state index in [4.69, 9.17) is 5.10 Å². The average molecular weight is 269 g/mol. The van der Waals surface area contributed by atoms with Crippen molar-refractivity contribution in [3.8, 4) is 5.69 Å². The van der Waals surface area contributed by atoms with Gasteiger partial charge in [0.15, 0.2) is 0 Å². The molecule has 1 saturated carbocycles. The second kappa shape index (κ2) is 5.06. The van der Waals surface area contributed by atoms with Gasteiger partial charge >= 0.3 is 0 Å². The summed E-state index contributed by atoms with van der Waals surface area (Å²) in [5.74, 6) is 0. The quantitative estimate of drug-likeness (QED) is 0.921. The smallest absolute Gasteiger partial charge is 0.0766 e. The Bertz CT molecular complexity index is 588. The van der Waals surface area contributed by atoms with E-state index in [0.29, 0.717) is 0 Å². The maximum Gasteiger partial charge on any atom is 0.0766 e. The molecule has 106 valence electrons. The summed E-state index contributed by atoms with van der Waals surface area (Å²) in [5.41, 5.74) is 3.73. The highest BCUT2D eigenvalue weighted by Gasteiger charge is 2.21. The van der Waals surface area contributed by atoms with Crippen LogP contribution in [0.5, 0.6) is 0 Å². The number of nitrogens with zero attached hydrogens (tertiary/aromatic N) is 2. The normalized spacial score (nSPS) is 15.6. The highest BCUT2D eigenvalue weighted by atomic mass is 15.3. The summed E-state index contributed by atoms with van der Waals surface area (Å²) in [6.45, 7) is 7.59. The third-order valence-electron chi connectivity index (χ3n) is 3.75. The van der Waals surface area contributed by atoms with Crippen molar-refractivity contribution in [1.29, 1.82) is 0 Å². The van der Waals surface area contributed by atoms with Gasteiger partial charge in [-0.05, 0) is 36.0 Å². The zero-order valence-corrected chi connectivity index (χ0v) is 12.6. The van der Waals surface area contributed by atoms with Crippen molar-refractivity contribution in [2.24, 2.45) is 0 Å². The number of benzene rings is 1. The Morgan fingerprint density at radius 1 is 1.20 bits per heavy atom. The van der Waals surface area contributed by atoms with E-state index in [-0.39, 0.29) is 5.41 Å². The molecule has 3 nitrogen and oxygen atoms in total. The summed E-state index contributed by atoms with van der Waals surface area (Å²) in [5, 5.41) is 8.22. The zero-order valence-electron chi connectivity index (χ0n) is 12.6. The molecule has 20 heavy (non-hydrogen) atoms. The van der Waals surface area contributed by atoms with Gasteiger partial charge in [0, 0.05) is 18.8 Å². The van der Waals surface area contributed by atoms with Crippen LogP contribution in [-0.4, -0.2) is 15.8 Å². The van der Waals surface area contributed by atoms with Crippen molar-refractivity contribution >= 4 is 0 Å². The van der Waals surface area contributed by atoms with Crippen molar-refractivity contribution in [2.45, 2.75) is 51.6 Å². The Kier molecular flexibility index (Phi) is 3.38. The molecule has 3 heteroatoms. The minimum absolute atomic E-state index is 0.120. The van der Waals surface area contributed by atoms with Crippen LogP contribution in [-0.2, 0) is 12.0 Å². The highest BCUT2D eigenvalue weighted by Crippen LogP contribution is 2.28. The van der Waals surface area contributed by atoms with Crippen molar-refractivity contribution in [3.05, 3.63) is 47.8 Å². The molecule has 1 fully saturated rings. The van der Waals surface area contributed by atoms with Gasteiger partial charge in [0.2, 0.25) is 0 Å². The van der Waals surface area contributed by atoms with Crippen LogP contribution in [0.25, 0.3) is 5.69 Å². The lowest BCUT2D eigenvalue weighted by molar-refractivity contribution is 0.582. The fourth-order valence-electron chi connectivity index (χ4n) is 2.43. The highest BCUT2D eigenvalue weighted by molar-refractivity contribution is 5.44. The monoisotopic (exact) mass is 269 g/mol. The Morgan fingerprint density at radius 3 is 2.65 bits per heavy atom. The van der Waals surface area contributed by atoms with Gasteiger partial charge in [-0.1, -0.05) is 39.0 Å². The van der Waals surface area contributed by atoms with Gasteiger partial charge in [-0.3, -0.25) is 0 Å². The predicted molar refractivity (Wildman–Crippen MR) is 82.1 cm³/mol. The first-order valence-corrected chi connectivity index (χ1v) is 7.42.